The van der Waals surface area contributed by atoms with Crippen LogP contribution in [0.25, 0.3) is 6.08 Å². The largest absolute Gasteiger partial charge is 0.479 e. The van der Waals surface area contributed by atoms with E-state index in [1.165, 1.54) is 18.7 Å². The number of Topliss-reactive ketones (excluding diaryl/α,β-unsaturated/α-hetero) is 1. The predicted octanol–water partition coefficient (Wildman–Crippen LogP) is 4.15. The third-order valence-corrected chi connectivity index (χ3v) is 5.42. The molecule has 1 fully saturated rings. The maximum atomic E-state index is 12.9. The van der Waals surface area contributed by atoms with Gasteiger partial charge in [0.2, 0.25) is 0 Å². The van der Waals surface area contributed by atoms with Crippen LogP contribution in [-0.4, -0.2) is 33.2 Å². The number of carbonyl (C=O) groups is 3. The van der Waals surface area contributed by atoms with Gasteiger partial charge in [0, 0.05) is 5.56 Å². The number of carbonyl (C=O) groups excluding carboxylic acids is 2. The van der Waals surface area contributed by atoms with Crippen LogP contribution in [0, 0.1) is 0 Å². The minimum Gasteiger partial charge on any atom is -0.479 e. The number of hydrogen-bond acceptors (Lipinski definition) is 6. The van der Waals surface area contributed by atoms with Crippen molar-refractivity contribution in [2.45, 2.75) is 20.0 Å². The van der Waals surface area contributed by atoms with Crippen LogP contribution >= 0.6 is 24.0 Å². The van der Waals surface area contributed by atoms with Crippen LogP contribution in [0.2, 0.25) is 0 Å². The summed E-state index contributed by atoms with van der Waals surface area (Å²) in [5.41, 5.74) is 1.71. The summed E-state index contributed by atoms with van der Waals surface area (Å²) >= 11 is 6.53. The average molecular weight is 428 g/mol. The van der Waals surface area contributed by atoms with Gasteiger partial charge in [-0.1, -0.05) is 48.2 Å². The van der Waals surface area contributed by atoms with Crippen LogP contribution in [0.5, 0.6) is 5.75 Å². The topological polar surface area (TPSA) is 83.9 Å². The molecule has 0 aromatic heterocycles. The number of thiocarbonyl (C=S) groups is 1. The summed E-state index contributed by atoms with van der Waals surface area (Å²) in [4.78, 5) is 37.3. The molecule has 1 unspecified atom stereocenters. The molecule has 1 amide bonds. The number of aliphatic carboxylic acids is 1. The van der Waals surface area contributed by atoms with Crippen LogP contribution in [0.4, 0.5) is 5.69 Å². The first-order valence-electron chi connectivity index (χ1n) is 8.65. The van der Waals surface area contributed by atoms with Crippen molar-refractivity contribution >= 4 is 57.7 Å². The number of nitrogens with zero attached hydrogens (tertiary/aromatic N) is 1. The molecular weight excluding hydrogens is 410 g/mol. The van der Waals surface area contributed by atoms with Gasteiger partial charge in [-0.25, -0.2) is 4.79 Å². The van der Waals surface area contributed by atoms with Gasteiger partial charge in [-0.05, 0) is 49.8 Å². The third kappa shape index (κ3) is 4.72. The van der Waals surface area contributed by atoms with E-state index >= 15 is 0 Å². The van der Waals surface area contributed by atoms with E-state index < -0.39 is 12.1 Å². The SMILES string of the molecule is CC(=O)c1cccc(N2C(=O)/C(=C\c3cccc(OC(C)C(=O)O)c3)SC2=S)c1. The molecule has 0 radical (unpaired) electrons. The minimum atomic E-state index is -1.07. The van der Waals surface area contributed by atoms with Crippen molar-refractivity contribution in [1.29, 1.82) is 0 Å². The summed E-state index contributed by atoms with van der Waals surface area (Å²) in [5.74, 6) is -1.06. The molecule has 0 bridgehead atoms. The molecule has 1 saturated heterocycles. The van der Waals surface area contributed by atoms with E-state index in [1.54, 1.807) is 54.6 Å². The van der Waals surface area contributed by atoms with Gasteiger partial charge in [0.05, 0.1) is 10.6 Å². The van der Waals surface area contributed by atoms with E-state index in [4.69, 9.17) is 22.1 Å². The molecule has 3 rings (SSSR count). The van der Waals surface area contributed by atoms with E-state index in [2.05, 4.69) is 0 Å². The fourth-order valence-corrected chi connectivity index (χ4v) is 3.94. The van der Waals surface area contributed by atoms with Gasteiger partial charge in [0.25, 0.3) is 5.91 Å². The summed E-state index contributed by atoms with van der Waals surface area (Å²) in [6, 6.07) is 13.5. The second-order valence-corrected chi connectivity index (χ2v) is 7.97. The number of hydrogen-bond donors (Lipinski definition) is 1. The fraction of sp³-hybridized carbons (Fsp3) is 0.143. The number of ether oxygens (including phenoxy) is 1. The Hall–Kier alpha value is -2.97. The molecule has 1 heterocycles. The molecule has 1 N–H and O–H groups in total. The van der Waals surface area contributed by atoms with Crippen molar-refractivity contribution in [2.24, 2.45) is 0 Å². The average Bonchev–Trinajstić information content (AvgIpc) is 2.95. The van der Waals surface area contributed by atoms with Crippen molar-refractivity contribution in [3.63, 3.8) is 0 Å². The van der Waals surface area contributed by atoms with Crippen LogP contribution < -0.4 is 9.64 Å². The number of rotatable bonds is 6. The number of amides is 1. The summed E-state index contributed by atoms with van der Waals surface area (Å²) in [5, 5.41) is 8.97. The second-order valence-electron chi connectivity index (χ2n) is 6.29. The van der Waals surface area contributed by atoms with E-state index in [1.807, 2.05) is 0 Å². The van der Waals surface area contributed by atoms with Gasteiger partial charge in [0.1, 0.15) is 5.75 Å². The Morgan fingerprint density at radius 3 is 2.62 bits per heavy atom. The van der Waals surface area contributed by atoms with Crippen molar-refractivity contribution in [2.75, 3.05) is 4.90 Å². The maximum Gasteiger partial charge on any atom is 0.344 e. The number of thioether (sulfide) groups is 1. The molecule has 148 valence electrons. The zero-order valence-corrected chi connectivity index (χ0v) is 17.3. The molecule has 29 heavy (non-hydrogen) atoms. The highest BCUT2D eigenvalue weighted by Gasteiger charge is 2.33. The van der Waals surface area contributed by atoms with Crippen LogP contribution in [0.3, 0.4) is 0 Å². The highest BCUT2D eigenvalue weighted by Crippen LogP contribution is 2.36. The summed E-state index contributed by atoms with van der Waals surface area (Å²) in [7, 11) is 0. The zero-order valence-electron chi connectivity index (χ0n) is 15.6. The van der Waals surface area contributed by atoms with Crippen molar-refractivity contribution < 1.29 is 24.2 Å². The number of carboxylic acids is 1. The number of anilines is 1. The molecule has 1 atom stereocenters. The summed E-state index contributed by atoms with van der Waals surface area (Å²) in [6.45, 7) is 2.90. The lowest BCUT2D eigenvalue weighted by atomic mass is 10.1. The Balaban J connectivity index is 1.86. The lowest BCUT2D eigenvalue weighted by Crippen LogP contribution is -2.27. The number of carboxylic acid groups (broad SMARTS) is 1. The minimum absolute atomic E-state index is 0.0970. The Morgan fingerprint density at radius 2 is 1.93 bits per heavy atom. The molecule has 0 aliphatic carbocycles. The number of benzene rings is 2. The lowest BCUT2D eigenvalue weighted by molar-refractivity contribution is -0.144. The molecule has 1 aliphatic heterocycles. The van der Waals surface area contributed by atoms with Gasteiger partial charge < -0.3 is 9.84 Å². The first-order chi connectivity index (χ1) is 13.8. The van der Waals surface area contributed by atoms with Crippen molar-refractivity contribution in [3.05, 3.63) is 64.6 Å². The fourth-order valence-electron chi connectivity index (χ4n) is 2.64. The standard InChI is InChI=1S/C21H17NO5S2/c1-12(23)15-6-4-7-16(11-15)22-19(24)18(29-21(22)28)10-14-5-3-8-17(9-14)27-13(2)20(25)26/h3-11,13H,1-2H3,(H,25,26)/b18-10+. The van der Waals surface area contributed by atoms with Crippen LogP contribution in [0.1, 0.15) is 29.8 Å². The highest BCUT2D eigenvalue weighted by molar-refractivity contribution is 8.27. The van der Waals surface area contributed by atoms with E-state index in [-0.39, 0.29) is 11.7 Å². The summed E-state index contributed by atoms with van der Waals surface area (Å²) in [6.07, 6.45) is 0.684. The predicted molar refractivity (Wildman–Crippen MR) is 116 cm³/mol. The molecular formula is C21H17NO5S2. The van der Waals surface area contributed by atoms with Gasteiger partial charge in [-0.15, -0.1) is 0 Å². The maximum absolute atomic E-state index is 12.9. The lowest BCUT2D eigenvalue weighted by Gasteiger charge is -2.15. The second kappa shape index (κ2) is 8.59. The quantitative estimate of drug-likeness (QED) is 0.421. The molecule has 0 spiro atoms. The zero-order chi connectivity index (χ0) is 21.1. The summed E-state index contributed by atoms with van der Waals surface area (Å²) < 4.78 is 5.74. The van der Waals surface area contributed by atoms with Gasteiger partial charge in [0.15, 0.2) is 16.2 Å². The Bertz CT molecular complexity index is 1050. The molecule has 2 aromatic rings. The smallest absolute Gasteiger partial charge is 0.344 e. The number of ketones is 1. The molecule has 8 heteroatoms. The van der Waals surface area contributed by atoms with Crippen LogP contribution in [0.15, 0.2) is 53.4 Å². The molecule has 2 aromatic carbocycles. The monoisotopic (exact) mass is 427 g/mol. The van der Waals surface area contributed by atoms with Crippen LogP contribution in [-0.2, 0) is 9.59 Å². The van der Waals surface area contributed by atoms with E-state index in [0.717, 1.165) is 11.8 Å². The molecule has 0 saturated carbocycles. The first-order valence-corrected chi connectivity index (χ1v) is 9.87. The Kier molecular flexibility index (Phi) is 6.14. The third-order valence-electron chi connectivity index (χ3n) is 4.12. The van der Waals surface area contributed by atoms with E-state index in [9.17, 15) is 14.4 Å². The highest BCUT2D eigenvalue weighted by atomic mass is 32.2. The van der Waals surface area contributed by atoms with Crippen molar-refractivity contribution in [1.82, 2.24) is 0 Å². The van der Waals surface area contributed by atoms with Crippen molar-refractivity contribution in [3.8, 4) is 5.75 Å². The Labute approximate surface area is 177 Å². The van der Waals surface area contributed by atoms with Gasteiger partial charge in [-0.2, -0.15) is 0 Å². The van der Waals surface area contributed by atoms with E-state index in [0.29, 0.717) is 31.8 Å². The molecule has 1 aliphatic rings. The Morgan fingerprint density at radius 1 is 1.21 bits per heavy atom. The first kappa shape index (κ1) is 20.8. The molecule has 6 nitrogen and oxygen atoms in total. The van der Waals surface area contributed by atoms with Gasteiger partial charge in [-0.3, -0.25) is 14.5 Å². The normalized spacial score (nSPS) is 16.2. The van der Waals surface area contributed by atoms with Gasteiger partial charge >= 0.3 is 5.97 Å².